The van der Waals surface area contributed by atoms with Gasteiger partial charge >= 0.3 is 0 Å². The zero-order chi connectivity index (χ0) is 26.8. The summed E-state index contributed by atoms with van der Waals surface area (Å²) in [5, 5.41) is 11.1. The minimum atomic E-state index is -0.265. The highest BCUT2D eigenvalue weighted by Crippen LogP contribution is 2.27. The molecule has 5 heterocycles. The molecule has 2 fully saturated rings. The van der Waals surface area contributed by atoms with Crippen molar-refractivity contribution in [3.63, 3.8) is 0 Å². The minimum Gasteiger partial charge on any atom is -0.354 e. The number of H-pyrrole nitrogens is 1. The maximum absolute atomic E-state index is 13.2. The third-order valence-corrected chi connectivity index (χ3v) is 8.02. The highest BCUT2D eigenvalue weighted by atomic mass is 16.1. The topological polar surface area (TPSA) is 93.3 Å². The van der Waals surface area contributed by atoms with Crippen LogP contribution in [0.2, 0.25) is 0 Å². The summed E-state index contributed by atoms with van der Waals surface area (Å²) in [6.45, 7) is 9.47. The van der Waals surface area contributed by atoms with E-state index in [0.717, 1.165) is 79.6 Å². The van der Waals surface area contributed by atoms with Gasteiger partial charge in [-0.15, -0.1) is 0 Å². The van der Waals surface area contributed by atoms with Crippen molar-refractivity contribution in [1.82, 2.24) is 30.0 Å². The molecular weight excluding hydrogens is 488 g/mol. The fourth-order valence-electron chi connectivity index (χ4n) is 5.45. The van der Waals surface area contributed by atoms with E-state index in [1.807, 2.05) is 42.7 Å². The summed E-state index contributed by atoms with van der Waals surface area (Å²) in [5.74, 6) is 1.48. The van der Waals surface area contributed by atoms with Crippen molar-refractivity contribution in [1.29, 1.82) is 0 Å². The van der Waals surface area contributed by atoms with E-state index < -0.39 is 0 Å². The van der Waals surface area contributed by atoms with Crippen molar-refractivity contribution in [2.45, 2.75) is 26.3 Å². The van der Waals surface area contributed by atoms with Gasteiger partial charge in [0.2, 0.25) is 0 Å². The van der Waals surface area contributed by atoms with Crippen molar-refractivity contribution >= 4 is 28.3 Å². The second kappa shape index (κ2) is 11.1. The molecule has 0 saturated carbocycles. The molecule has 2 saturated heterocycles. The summed E-state index contributed by atoms with van der Waals surface area (Å²) in [5.41, 5.74) is 5.09. The molecule has 6 rings (SSSR count). The molecule has 0 aliphatic carbocycles. The number of carbonyl (C=O) groups is 1. The number of aromatic nitrogens is 4. The van der Waals surface area contributed by atoms with Crippen molar-refractivity contribution in [3.8, 4) is 11.1 Å². The number of nitrogens with one attached hydrogen (secondary N) is 2. The van der Waals surface area contributed by atoms with Gasteiger partial charge in [-0.25, -0.2) is 4.98 Å². The Labute approximate surface area is 229 Å². The van der Waals surface area contributed by atoms with Crippen LogP contribution in [-0.4, -0.2) is 82.2 Å². The molecule has 39 heavy (non-hydrogen) atoms. The van der Waals surface area contributed by atoms with Gasteiger partial charge in [0.05, 0.1) is 17.4 Å². The van der Waals surface area contributed by atoms with E-state index >= 15 is 0 Å². The van der Waals surface area contributed by atoms with Crippen LogP contribution >= 0.6 is 0 Å². The van der Waals surface area contributed by atoms with Crippen molar-refractivity contribution < 1.29 is 4.79 Å². The van der Waals surface area contributed by atoms with Crippen LogP contribution in [0, 0.1) is 5.92 Å². The summed E-state index contributed by atoms with van der Waals surface area (Å²) in [6, 6.07) is 12.1. The molecule has 1 aromatic carbocycles. The minimum absolute atomic E-state index is 0.265. The summed E-state index contributed by atoms with van der Waals surface area (Å²) in [6.07, 6.45) is 8.07. The van der Waals surface area contributed by atoms with Gasteiger partial charge in [-0.1, -0.05) is 13.0 Å². The smallest absolute Gasteiger partial charge is 0.276 e. The van der Waals surface area contributed by atoms with Gasteiger partial charge in [0.1, 0.15) is 5.82 Å². The Hall–Kier alpha value is -3.82. The summed E-state index contributed by atoms with van der Waals surface area (Å²) in [7, 11) is 2.13. The largest absolute Gasteiger partial charge is 0.354 e. The molecule has 202 valence electrons. The van der Waals surface area contributed by atoms with E-state index in [4.69, 9.17) is 0 Å². The Morgan fingerprint density at radius 1 is 0.974 bits per heavy atom. The van der Waals surface area contributed by atoms with E-state index in [0.29, 0.717) is 11.4 Å². The summed E-state index contributed by atoms with van der Waals surface area (Å²) in [4.78, 5) is 29.4. The molecule has 9 nitrogen and oxygen atoms in total. The lowest BCUT2D eigenvalue weighted by Gasteiger charge is -2.33. The number of carbonyl (C=O) groups excluding carboxylic acids is 1. The van der Waals surface area contributed by atoms with Crippen LogP contribution < -0.4 is 10.2 Å². The number of benzene rings is 1. The van der Waals surface area contributed by atoms with Crippen LogP contribution in [0.25, 0.3) is 22.0 Å². The lowest BCUT2D eigenvalue weighted by Crippen LogP contribution is -2.44. The Balaban J connectivity index is 1.16. The zero-order valence-corrected chi connectivity index (χ0v) is 22.7. The second-order valence-electron chi connectivity index (χ2n) is 11.0. The summed E-state index contributed by atoms with van der Waals surface area (Å²) >= 11 is 0. The van der Waals surface area contributed by atoms with Crippen molar-refractivity contribution in [3.05, 3.63) is 66.2 Å². The molecular formula is C30H36N8O. The number of nitrogens with zero attached hydrogens (tertiary/aromatic N) is 6. The number of rotatable bonds is 6. The monoisotopic (exact) mass is 524 g/mol. The van der Waals surface area contributed by atoms with Crippen LogP contribution in [-0.2, 0) is 6.54 Å². The Kier molecular flexibility index (Phi) is 7.26. The number of anilines is 2. The highest BCUT2D eigenvalue weighted by molar-refractivity contribution is 6.11. The molecule has 0 bridgehead atoms. The van der Waals surface area contributed by atoms with Gasteiger partial charge in [-0.2, -0.15) is 5.10 Å². The second-order valence-corrected chi connectivity index (χ2v) is 11.0. The maximum atomic E-state index is 13.2. The van der Waals surface area contributed by atoms with Crippen LogP contribution in [0.5, 0.6) is 0 Å². The fourth-order valence-corrected chi connectivity index (χ4v) is 5.45. The number of piperidine rings is 1. The number of hydrogen-bond donors (Lipinski definition) is 2. The third-order valence-electron chi connectivity index (χ3n) is 8.02. The van der Waals surface area contributed by atoms with Crippen LogP contribution in [0.4, 0.5) is 11.5 Å². The Morgan fingerprint density at radius 3 is 2.56 bits per heavy atom. The van der Waals surface area contributed by atoms with Crippen molar-refractivity contribution in [2.24, 2.45) is 5.92 Å². The number of hydrogen-bond acceptors (Lipinski definition) is 7. The first-order valence-electron chi connectivity index (χ1n) is 13.9. The Bertz CT molecular complexity index is 1430. The third kappa shape index (κ3) is 5.79. The molecule has 2 aliphatic heterocycles. The number of fused-ring (bicyclic) bond motifs is 1. The van der Waals surface area contributed by atoms with Gasteiger partial charge < -0.3 is 15.1 Å². The Morgan fingerprint density at radius 2 is 1.79 bits per heavy atom. The molecule has 1 amide bonds. The normalized spacial score (nSPS) is 17.5. The number of likely N-dealkylation sites (tertiary alicyclic amines) is 1. The van der Waals surface area contributed by atoms with Crippen LogP contribution in [0.15, 0.2) is 55.0 Å². The number of piperazine rings is 1. The number of pyridine rings is 2. The van der Waals surface area contributed by atoms with E-state index in [1.165, 1.54) is 18.4 Å². The fraction of sp³-hybridized carbons (Fsp3) is 0.400. The van der Waals surface area contributed by atoms with Crippen LogP contribution in [0.1, 0.15) is 35.8 Å². The molecule has 3 aromatic heterocycles. The molecule has 4 aromatic rings. The molecule has 9 heteroatoms. The number of likely N-dealkylation sites (N-methyl/N-ethyl adjacent to an activating group) is 1. The molecule has 2 aliphatic rings. The van der Waals surface area contributed by atoms with E-state index in [-0.39, 0.29) is 5.91 Å². The average Bonchev–Trinajstić information content (AvgIpc) is 3.39. The van der Waals surface area contributed by atoms with Crippen LogP contribution in [0.3, 0.4) is 0 Å². The average molecular weight is 525 g/mol. The molecule has 2 N–H and O–H groups in total. The van der Waals surface area contributed by atoms with Crippen molar-refractivity contribution in [2.75, 3.05) is 56.5 Å². The highest BCUT2D eigenvalue weighted by Gasteiger charge is 2.19. The number of aromatic amines is 1. The quantitative estimate of drug-likeness (QED) is 0.389. The molecule has 0 radical (unpaired) electrons. The van der Waals surface area contributed by atoms with Gasteiger partial charge in [0.25, 0.3) is 5.91 Å². The number of amides is 1. The zero-order valence-electron chi connectivity index (χ0n) is 22.7. The lowest BCUT2D eigenvalue weighted by atomic mass is 9.98. The van der Waals surface area contributed by atoms with Gasteiger partial charge in [-0.05, 0) is 80.4 Å². The van der Waals surface area contributed by atoms with E-state index in [1.54, 1.807) is 6.20 Å². The van der Waals surface area contributed by atoms with Gasteiger partial charge in [0.15, 0.2) is 5.69 Å². The summed E-state index contributed by atoms with van der Waals surface area (Å²) < 4.78 is 0. The SMILES string of the molecule is CC1CCN(Cc2cncc(-c3ccc4[nH]nc(C(=O)Nc5ccc(N6CCN(C)CC6)nc5)c4c3)c2)CC1. The molecule has 0 atom stereocenters. The first kappa shape index (κ1) is 25.5. The first-order chi connectivity index (χ1) is 19.0. The standard InChI is InChI=1S/C30H36N8O/c1-21-7-9-37(10-8-21)20-22-15-24(18-31-17-22)23-3-5-27-26(16-23)29(35-34-27)30(39)33-25-4-6-28(32-19-25)38-13-11-36(2)12-14-38/h3-6,15-19,21H,7-14,20H2,1-2H3,(H,33,39)(H,34,35). The molecule has 0 spiro atoms. The van der Waals surface area contributed by atoms with Gasteiger partial charge in [-0.3, -0.25) is 19.8 Å². The predicted molar refractivity (Wildman–Crippen MR) is 155 cm³/mol. The van der Waals surface area contributed by atoms with Gasteiger partial charge in [0, 0.05) is 56.1 Å². The molecule has 0 unspecified atom stereocenters. The maximum Gasteiger partial charge on any atom is 0.276 e. The predicted octanol–water partition coefficient (Wildman–Crippen LogP) is 4.26. The lowest BCUT2D eigenvalue weighted by molar-refractivity contribution is 0.102. The first-order valence-corrected chi connectivity index (χ1v) is 13.9. The van der Waals surface area contributed by atoms with E-state index in [9.17, 15) is 4.79 Å². The van der Waals surface area contributed by atoms with E-state index in [2.05, 4.69) is 60.2 Å².